The van der Waals surface area contributed by atoms with Crippen LogP contribution in [0.3, 0.4) is 0 Å². The minimum absolute atomic E-state index is 0.0358. The molecule has 1 aliphatic heterocycles. The number of aliphatic hydroxyl groups excluding tert-OH is 1. The Bertz CT molecular complexity index is 1760. The Morgan fingerprint density at radius 1 is 0.718 bits per heavy atom. The molecule has 0 aromatic heterocycles. The van der Waals surface area contributed by atoms with Gasteiger partial charge < -0.3 is 9.84 Å². The minimum atomic E-state index is -0.849. The minimum Gasteiger partial charge on any atom is -0.507 e. The number of carbonyl (C=O) groups is 2. The number of fused-ring (bicyclic) bond motifs is 1. The first kappa shape index (κ1) is 24.2. The van der Waals surface area contributed by atoms with Crippen molar-refractivity contribution in [1.82, 2.24) is 0 Å². The monoisotopic (exact) mass is 511 g/mol. The predicted molar refractivity (Wildman–Crippen MR) is 153 cm³/mol. The summed E-state index contributed by atoms with van der Waals surface area (Å²) < 4.78 is 6.05. The lowest BCUT2D eigenvalue weighted by atomic mass is 9.94. The molecule has 1 unspecified atom stereocenters. The third-order valence-corrected chi connectivity index (χ3v) is 6.90. The Labute approximate surface area is 226 Å². The zero-order chi connectivity index (χ0) is 26.9. The van der Waals surface area contributed by atoms with Crippen LogP contribution in [0, 0.1) is 6.92 Å². The maximum absolute atomic E-state index is 13.6. The van der Waals surface area contributed by atoms with Gasteiger partial charge in [-0.3, -0.25) is 14.5 Å². The molecule has 39 heavy (non-hydrogen) atoms. The number of Topliss-reactive ketones (excluding diaryl/α,β-unsaturated/α-hetero) is 1. The highest BCUT2D eigenvalue weighted by molar-refractivity contribution is 6.51. The van der Waals surface area contributed by atoms with Crippen molar-refractivity contribution in [2.45, 2.75) is 13.0 Å². The number of carbonyl (C=O) groups excluding carboxylic acids is 2. The molecule has 1 amide bonds. The molecule has 0 spiro atoms. The van der Waals surface area contributed by atoms with E-state index in [1.807, 2.05) is 110 Å². The highest BCUT2D eigenvalue weighted by Gasteiger charge is 2.47. The van der Waals surface area contributed by atoms with Gasteiger partial charge in [0, 0.05) is 11.3 Å². The molecule has 5 aromatic rings. The summed E-state index contributed by atoms with van der Waals surface area (Å²) in [5.41, 5.74) is 2.68. The molecule has 5 nitrogen and oxygen atoms in total. The summed E-state index contributed by atoms with van der Waals surface area (Å²) in [6.07, 6.45) is 0. The molecule has 5 aromatic carbocycles. The number of para-hydroxylation sites is 1. The fraction of sp³-hybridized carbons (Fsp3) is 0.0588. The highest BCUT2D eigenvalue weighted by Crippen LogP contribution is 2.43. The first-order valence-corrected chi connectivity index (χ1v) is 12.7. The highest BCUT2D eigenvalue weighted by atomic mass is 16.5. The van der Waals surface area contributed by atoms with E-state index in [9.17, 15) is 14.7 Å². The van der Waals surface area contributed by atoms with Gasteiger partial charge in [-0.25, -0.2) is 0 Å². The van der Waals surface area contributed by atoms with Crippen molar-refractivity contribution >= 4 is 33.9 Å². The fourth-order valence-corrected chi connectivity index (χ4v) is 5.06. The molecule has 1 N–H and O–H groups in total. The van der Waals surface area contributed by atoms with Crippen LogP contribution in [0.5, 0.6) is 11.5 Å². The molecular weight excluding hydrogens is 486 g/mol. The summed E-state index contributed by atoms with van der Waals surface area (Å²) in [7, 11) is 0. The summed E-state index contributed by atoms with van der Waals surface area (Å²) in [6, 6.07) is 36.5. The summed E-state index contributed by atoms with van der Waals surface area (Å²) in [4.78, 5) is 28.6. The molecule has 0 radical (unpaired) electrons. The Hall–Kier alpha value is -5.16. The third-order valence-electron chi connectivity index (χ3n) is 6.90. The fourth-order valence-electron chi connectivity index (χ4n) is 5.06. The number of aliphatic hydroxyl groups is 1. The van der Waals surface area contributed by atoms with Gasteiger partial charge in [-0.05, 0) is 71.3 Å². The van der Waals surface area contributed by atoms with Crippen LogP contribution in [0.25, 0.3) is 16.5 Å². The zero-order valence-electron chi connectivity index (χ0n) is 21.2. The Morgan fingerprint density at radius 2 is 1.44 bits per heavy atom. The number of hydrogen-bond acceptors (Lipinski definition) is 4. The van der Waals surface area contributed by atoms with Crippen LogP contribution in [0.15, 0.2) is 127 Å². The van der Waals surface area contributed by atoms with Gasteiger partial charge in [-0.2, -0.15) is 0 Å². The van der Waals surface area contributed by atoms with Gasteiger partial charge >= 0.3 is 0 Å². The molecule has 1 aliphatic rings. The second-order valence-electron chi connectivity index (χ2n) is 9.56. The molecule has 190 valence electrons. The third kappa shape index (κ3) is 4.55. The van der Waals surface area contributed by atoms with Gasteiger partial charge in [0.15, 0.2) is 0 Å². The lowest BCUT2D eigenvalue weighted by Crippen LogP contribution is -2.29. The van der Waals surface area contributed by atoms with Gasteiger partial charge in [0.05, 0.1) is 11.6 Å². The zero-order valence-corrected chi connectivity index (χ0v) is 21.2. The molecule has 1 fully saturated rings. The van der Waals surface area contributed by atoms with Crippen molar-refractivity contribution in [1.29, 1.82) is 0 Å². The quantitative estimate of drug-likeness (QED) is 0.150. The molecule has 6 rings (SSSR count). The van der Waals surface area contributed by atoms with E-state index in [1.165, 1.54) is 4.90 Å². The number of rotatable bonds is 5. The van der Waals surface area contributed by atoms with E-state index in [0.717, 1.165) is 16.3 Å². The summed E-state index contributed by atoms with van der Waals surface area (Å²) in [5.74, 6) is -0.421. The van der Waals surface area contributed by atoms with Crippen molar-refractivity contribution in [2.75, 3.05) is 4.90 Å². The van der Waals surface area contributed by atoms with Crippen molar-refractivity contribution in [3.63, 3.8) is 0 Å². The van der Waals surface area contributed by atoms with Crippen molar-refractivity contribution in [2.24, 2.45) is 0 Å². The van der Waals surface area contributed by atoms with Crippen LogP contribution in [0.2, 0.25) is 0 Å². The van der Waals surface area contributed by atoms with Crippen molar-refractivity contribution < 1.29 is 19.4 Å². The number of hydrogen-bond donors (Lipinski definition) is 1. The molecule has 5 heteroatoms. The number of ether oxygens (including phenoxy) is 1. The molecule has 1 heterocycles. The van der Waals surface area contributed by atoms with Crippen molar-refractivity contribution in [3.05, 3.63) is 144 Å². The van der Waals surface area contributed by atoms with Gasteiger partial charge in [0.1, 0.15) is 17.3 Å². The SMILES string of the molecule is Cc1cccc(N2C(=O)C(=O)/C(=C(\O)c3ccc4ccccc4c3)C2c2cccc(Oc3ccccc3)c2)c1. The Kier molecular flexibility index (Phi) is 6.17. The van der Waals surface area contributed by atoms with Crippen LogP contribution in [-0.4, -0.2) is 16.8 Å². The summed E-state index contributed by atoms with van der Waals surface area (Å²) in [5, 5.41) is 13.5. The lowest BCUT2D eigenvalue weighted by Gasteiger charge is -2.26. The topological polar surface area (TPSA) is 66.8 Å². The molecule has 0 saturated carbocycles. The van der Waals surface area contributed by atoms with Crippen LogP contribution in [0.1, 0.15) is 22.7 Å². The van der Waals surface area contributed by atoms with Gasteiger partial charge in [-0.15, -0.1) is 0 Å². The van der Waals surface area contributed by atoms with Gasteiger partial charge in [0.25, 0.3) is 11.7 Å². The first-order valence-electron chi connectivity index (χ1n) is 12.7. The number of benzene rings is 5. The largest absolute Gasteiger partial charge is 0.507 e. The van der Waals surface area contributed by atoms with Gasteiger partial charge in [-0.1, -0.05) is 78.9 Å². The lowest BCUT2D eigenvalue weighted by molar-refractivity contribution is -0.132. The number of anilines is 1. The Morgan fingerprint density at radius 3 is 2.23 bits per heavy atom. The van der Waals surface area contributed by atoms with Crippen LogP contribution in [-0.2, 0) is 9.59 Å². The number of nitrogens with zero attached hydrogens (tertiary/aromatic N) is 1. The van der Waals surface area contributed by atoms with E-state index in [0.29, 0.717) is 28.3 Å². The smallest absolute Gasteiger partial charge is 0.300 e. The first-order chi connectivity index (χ1) is 19.0. The van der Waals surface area contributed by atoms with E-state index in [-0.39, 0.29) is 11.3 Å². The van der Waals surface area contributed by atoms with Crippen LogP contribution < -0.4 is 9.64 Å². The maximum Gasteiger partial charge on any atom is 0.300 e. The van der Waals surface area contributed by atoms with E-state index in [1.54, 1.807) is 18.2 Å². The molecule has 0 bridgehead atoms. The second kappa shape index (κ2) is 9.95. The Balaban J connectivity index is 1.52. The van der Waals surface area contributed by atoms with E-state index in [4.69, 9.17) is 4.74 Å². The number of amides is 1. The molecular formula is C34H25NO4. The predicted octanol–water partition coefficient (Wildman–Crippen LogP) is 7.57. The normalized spacial score (nSPS) is 16.5. The summed E-state index contributed by atoms with van der Waals surface area (Å²) >= 11 is 0. The average molecular weight is 512 g/mol. The van der Waals surface area contributed by atoms with Gasteiger partial charge in [0.2, 0.25) is 0 Å². The van der Waals surface area contributed by atoms with Crippen molar-refractivity contribution in [3.8, 4) is 11.5 Å². The number of aryl methyl sites for hydroxylation is 1. The van der Waals surface area contributed by atoms with Crippen LogP contribution in [0.4, 0.5) is 5.69 Å². The second-order valence-corrected chi connectivity index (χ2v) is 9.56. The van der Waals surface area contributed by atoms with Crippen LogP contribution >= 0.6 is 0 Å². The maximum atomic E-state index is 13.6. The molecule has 1 saturated heterocycles. The van der Waals surface area contributed by atoms with E-state index < -0.39 is 17.7 Å². The summed E-state index contributed by atoms with van der Waals surface area (Å²) in [6.45, 7) is 1.93. The average Bonchev–Trinajstić information content (AvgIpc) is 3.23. The standard InChI is InChI=1S/C34H25NO4/c1-22-9-7-13-27(19-22)35-31(25-12-8-16-29(21-25)39-28-14-3-2-4-15-28)30(33(37)34(35)38)32(36)26-18-17-23-10-5-6-11-24(23)20-26/h2-21,31,36H,1H3/b32-30-. The molecule has 0 aliphatic carbocycles. The van der Waals surface area contributed by atoms with E-state index in [2.05, 4.69) is 0 Å². The number of ketones is 1. The molecule has 1 atom stereocenters. The van der Waals surface area contributed by atoms with E-state index >= 15 is 0 Å².